The van der Waals surface area contributed by atoms with Crippen molar-refractivity contribution in [2.75, 3.05) is 7.11 Å². The van der Waals surface area contributed by atoms with Gasteiger partial charge in [-0.25, -0.2) is 17.5 Å². The Morgan fingerprint density at radius 3 is 2.58 bits per heavy atom. The van der Waals surface area contributed by atoms with E-state index < -0.39 is 15.8 Å². The van der Waals surface area contributed by atoms with E-state index >= 15 is 0 Å². The van der Waals surface area contributed by atoms with Gasteiger partial charge in [0.1, 0.15) is 5.82 Å². The monoisotopic (exact) mass is 467 g/mol. The van der Waals surface area contributed by atoms with Crippen LogP contribution in [0.1, 0.15) is 67.2 Å². The van der Waals surface area contributed by atoms with E-state index in [0.717, 1.165) is 41.1 Å². The minimum Gasteiger partial charge on any atom is -0.469 e. The Balaban J connectivity index is 1.71. The molecule has 1 N–H and O–H groups in total. The van der Waals surface area contributed by atoms with Crippen LogP contribution in [0.15, 0.2) is 41.3 Å². The number of thiophene rings is 1. The van der Waals surface area contributed by atoms with E-state index in [4.69, 9.17) is 0 Å². The van der Waals surface area contributed by atoms with Crippen molar-refractivity contribution in [3.8, 4) is 0 Å². The number of hydrogen-bond acceptors (Lipinski definition) is 5. The van der Waals surface area contributed by atoms with Crippen molar-refractivity contribution in [2.45, 2.75) is 68.7 Å². The third-order valence-corrected chi connectivity index (χ3v) is 8.56. The van der Waals surface area contributed by atoms with Gasteiger partial charge in [-0.05, 0) is 68.0 Å². The molecule has 1 unspecified atom stereocenters. The topological polar surface area (TPSA) is 72.5 Å². The van der Waals surface area contributed by atoms with Gasteiger partial charge < -0.3 is 4.74 Å². The number of hydrogen-bond donors (Lipinski definition) is 1. The summed E-state index contributed by atoms with van der Waals surface area (Å²) in [5.41, 5.74) is 0. The lowest BCUT2D eigenvalue weighted by atomic mass is 9.98. The molecule has 0 radical (unpaired) electrons. The fourth-order valence-electron chi connectivity index (χ4n) is 4.05. The normalized spacial score (nSPS) is 15.8. The molecule has 1 aliphatic carbocycles. The van der Waals surface area contributed by atoms with Gasteiger partial charge in [-0.15, -0.1) is 11.3 Å². The molecule has 8 heteroatoms. The first kappa shape index (κ1) is 23.9. The summed E-state index contributed by atoms with van der Waals surface area (Å²) in [4.78, 5) is 13.5. The van der Waals surface area contributed by atoms with Crippen molar-refractivity contribution in [1.29, 1.82) is 0 Å². The second-order valence-electron chi connectivity index (χ2n) is 8.09. The standard InChI is InChI=1S/C23H30FNO4S2/c1-29-23(26)8-4-7-19-12-16-22(30-19)21(15-9-17-5-2-3-6-17)25-31(27,28)20-13-10-18(24)11-14-20/h10-14,16-17,21,25H,2-9,15H2,1H3. The lowest BCUT2D eigenvalue weighted by Crippen LogP contribution is -2.28. The maximum atomic E-state index is 13.2. The number of halogens is 1. The zero-order chi connectivity index (χ0) is 22.3. The number of carbonyl (C=O) groups is 1. The highest BCUT2D eigenvalue weighted by Crippen LogP contribution is 2.34. The van der Waals surface area contributed by atoms with Crippen LogP contribution in [-0.2, 0) is 26.0 Å². The number of nitrogens with one attached hydrogen (secondary N) is 1. The molecule has 1 heterocycles. The number of sulfonamides is 1. The van der Waals surface area contributed by atoms with Gasteiger partial charge >= 0.3 is 5.97 Å². The van der Waals surface area contributed by atoms with Crippen LogP contribution in [0.4, 0.5) is 4.39 Å². The summed E-state index contributed by atoms with van der Waals surface area (Å²) in [6, 6.07) is 8.56. The van der Waals surface area contributed by atoms with Crippen LogP contribution >= 0.6 is 11.3 Å². The molecule has 0 bridgehead atoms. The van der Waals surface area contributed by atoms with Crippen molar-refractivity contribution >= 4 is 27.3 Å². The van der Waals surface area contributed by atoms with E-state index in [-0.39, 0.29) is 16.9 Å². The second kappa shape index (κ2) is 11.2. The van der Waals surface area contributed by atoms with Gasteiger partial charge in [0, 0.05) is 16.2 Å². The van der Waals surface area contributed by atoms with Crippen LogP contribution in [0.2, 0.25) is 0 Å². The minimum absolute atomic E-state index is 0.0645. The van der Waals surface area contributed by atoms with Crippen LogP contribution in [-0.4, -0.2) is 21.5 Å². The number of carbonyl (C=O) groups excluding carboxylic acids is 1. The van der Waals surface area contributed by atoms with Crippen LogP contribution < -0.4 is 4.72 Å². The number of benzene rings is 1. The molecule has 5 nitrogen and oxygen atoms in total. The average molecular weight is 468 g/mol. The summed E-state index contributed by atoms with van der Waals surface area (Å²) in [5.74, 6) is -0.0396. The van der Waals surface area contributed by atoms with Crippen molar-refractivity contribution in [3.63, 3.8) is 0 Å². The zero-order valence-corrected chi connectivity index (χ0v) is 19.4. The van der Waals surface area contributed by atoms with Crippen molar-refractivity contribution in [3.05, 3.63) is 52.0 Å². The van der Waals surface area contributed by atoms with Crippen molar-refractivity contribution in [1.82, 2.24) is 4.72 Å². The van der Waals surface area contributed by atoms with Gasteiger partial charge in [0.15, 0.2) is 0 Å². The molecule has 0 saturated heterocycles. The number of aryl methyl sites for hydroxylation is 1. The Kier molecular flexibility index (Phi) is 8.63. The SMILES string of the molecule is COC(=O)CCCc1ccc(C(CCC2CCCC2)NS(=O)(=O)c2ccc(F)cc2)s1. The van der Waals surface area contributed by atoms with E-state index in [1.54, 1.807) is 11.3 Å². The maximum absolute atomic E-state index is 13.2. The molecule has 1 aliphatic rings. The Bertz CT molecular complexity index is 950. The summed E-state index contributed by atoms with van der Waals surface area (Å²) < 4.78 is 46.6. The molecule has 1 aromatic carbocycles. The van der Waals surface area contributed by atoms with Crippen molar-refractivity contribution in [2.24, 2.45) is 5.92 Å². The molecule has 170 valence electrons. The first-order valence-corrected chi connectivity index (χ1v) is 13.1. The molecule has 31 heavy (non-hydrogen) atoms. The second-order valence-corrected chi connectivity index (χ2v) is 11.0. The minimum atomic E-state index is -3.76. The highest BCUT2D eigenvalue weighted by atomic mass is 32.2. The van der Waals surface area contributed by atoms with Gasteiger partial charge in [-0.2, -0.15) is 0 Å². The van der Waals surface area contributed by atoms with Gasteiger partial charge in [0.25, 0.3) is 0 Å². The lowest BCUT2D eigenvalue weighted by molar-refractivity contribution is -0.140. The third kappa shape index (κ3) is 7.12. The molecular weight excluding hydrogens is 437 g/mol. The number of ether oxygens (including phenoxy) is 1. The summed E-state index contributed by atoms with van der Waals surface area (Å²) in [7, 11) is -2.38. The molecule has 0 aliphatic heterocycles. The third-order valence-electron chi connectivity index (χ3n) is 5.82. The quantitative estimate of drug-likeness (QED) is 0.451. The fraction of sp³-hybridized carbons (Fsp3) is 0.522. The summed E-state index contributed by atoms with van der Waals surface area (Å²) >= 11 is 1.58. The fourth-order valence-corrected chi connectivity index (χ4v) is 6.52. The Labute approximate surface area is 188 Å². The van der Waals surface area contributed by atoms with Gasteiger partial charge in [0.2, 0.25) is 10.0 Å². The molecule has 0 spiro atoms. The molecule has 1 fully saturated rings. The highest BCUT2D eigenvalue weighted by Gasteiger charge is 2.25. The molecule has 0 amide bonds. The van der Waals surface area contributed by atoms with Gasteiger partial charge in [0.05, 0.1) is 18.0 Å². The van der Waals surface area contributed by atoms with Crippen molar-refractivity contribution < 1.29 is 22.3 Å². The highest BCUT2D eigenvalue weighted by molar-refractivity contribution is 7.89. The lowest BCUT2D eigenvalue weighted by Gasteiger charge is -2.19. The van der Waals surface area contributed by atoms with E-state index in [1.807, 2.05) is 12.1 Å². The van der Waals surface area contributed by atoms with Crippen LogP contribution in [0.3, 0.4) is 0 Å². The van der Waals surface area contributed by atoms with Gasteiger partial charge in [-0.1, -0.05) is 25.7 Å². The Hall–Kier alpha value is -1.77. The van der Waals surface area contributed by atoms with Crippen LogP contribution in [0, 0.1) is 11.7 Å². The molecule has 2 aromatic rings. The predicted octanol–water partition coefficient (Wildman–Crippen LogP) is 5.37. The largest absolute Gasteiger partial charge is 0.469 e. The van der Waals surface area contributed by atoms with Gasteiger partial charge in [-0.3, -0.25) is 4.79 Å². The van der Waals surface area contributed by atoms with E-state index in [0.29, 0.717) is 18.8 Å². The van der Waals surface area contributed by atoms with E-state index in [9.17, 15) is 17.6 Å². The Morgan fingerprint density at radius 2 is 1.90 bits per heavy atom. The first-order valence-electron chi connectivity index (χ1n) is 10.8. The average Bonchev–Trinajstić information content (AvgIpc) is 3.43. The molecule has 1 saturated carbocycles. The predicted molar refractivity (Wildman–Crippen MR) is 120 cm³/mol. The smallest absolute Gasteiger partial charge is 0.305 e. The summed E-state index contributed by atoms with van der Waals surface area (Å²) in [6.07, 6.45) is 8.44. The van der Waals surface area contributed by atoms with Crippen LogP contribution in [0.5, 0.6) is 0 Å². The molecule has 3 rings (SSSR count). The number of methoxy groups -OCH3 is 1. The number of esters is 1. The number of rotatable bonds is 11. The molecule has 1 aromatic heterocycles. The molecular formula is C23H30FNO4S2. The van der Waals surface area contributed by atoms with Crippen LogP contribution in [0.25, 0.3) is 0 Å². The summed E-state index contributed by atoms with van der Waals surface area (Å²) in [5, 5.41) is 0. The first-order chi connectivity index (χ1) is 14.9. The maximum Gasteiger partial charge on any atom is 0.305 e. The Morgan fingerprint density at radius 1 is 1.19 bits per heavy atom. The van der Waals surface area contributed by atoms with E-state index in [1.165, 1.54) is 44.9 Å². The van der Waals surface area contributed by atoms with E-state index in [2.05, 4.69) is 9.46 Å². The molecule has 1 atom stereocenters. The summed E-state index contributed by atoms with van der Waals surface area (Å²) in [6.45, 7) is 0. The zero-order valence-electron chi connectivity index (χ0n) is 17.8.